The standard InChI is InChI=1S/C16H18O2/c1-10-6-12(3)16(18)14(7-10)8-13-5-4-11(2)15(17)9-13/h4-7,9,17-18H,8H2,1-3H3. The molecule has 0 heterocycles. The Morgan fingerprint density at radius 1 is 0.889 bits per heavy atom. The van der Waals surface area contributed by atoms with Gasteiger partial charge < -0.3 is 10.2 Å². The molecule has 94 valence electrons. The molecule has 2 heteroatoms. The average molecular weight is 242 g/mol. The fraction of sp³-hybridized carbons (Fsp3) is 0.250. The van der Waals surface area contributed by atoms with Gasteiger partial charge in [-0.2, -0.15) is 0 Å². The van der Waals surface area contributed by atoms with Gasteiger partial charge in [0.1, 0.15) is 11.5 Å². The average Bonchev–Trinajstić information content (AvgIpc) is 2.30. The fourth-order valence-electron chi connectivity index (χ4n) is 2.17. The summed E-state index contributed by atoms with van der Waals surface area (Å²) in [5.74, 6) is 0.650. The van der Waals surface area contributed by atoms with Gasteiger partial charge in [-0.25, -0.2) is 0 Å². The zero-order chi connectivity index (χ0) is 13.3. The minimum Gasteiger partial charge on any atom is -0.508 e. The van der Waals surface area contributed by atoms with Gasteiger partial charge in [0.25, 0.3) is 0 Å². The molecule has 0 atom stereocenters. The number of rotatable bonds is 2. The Morgan fingerprint density at radius 2 is 1.61 bits per heavy atom. The summed E-state index contributed by atoms with van der Waals surface area (Å²) in [5.41, 5.74) is 4.79. The van der Waals surface area contributed by atoms with Crippen LogP contribution in [-0.4, -0.2) is 10.2 Å². The van der Waals surface area contributed by atoms with E-state index in [-0.39, 0.29) is 0 Å². The number of phenols is 2. The highest BCUT2D eigenvalue weighted by atomic mass is 16.3. The molecule has 0 saturated heterocycles. The normalized spacial score (nSPS) is 10.6. The van der Waals surface area contributed by atoms with Gasteiger partial charge in [0.05, 0.1) is 0 Å². The van der Waals surface area contributed by atoms with Gasteiger partial charge >= 0.3 is 0 Å². The summed E-state index contributed by atoms with van der Waals surface area (Å²) in [7, 11) is 0. The lowest BCUT2D eigenvalue weighted by molar-refractivity contribution is 0.463. The maximum atomic E-state index is 10.0. The second-order valence-electron chi connectivity index (χ2n) is 4.89. The van der Waals surface area contributed by atoms with Crippen LogP contribution < -0.4 is 0 Å². The molecule has 0 spiro atoms. The van der Waals surface area contributed by atoms with Crippen molar-refractivity contribution in [3.63, 3.8) is 0 Å². The molecule has 2 aromatic carbocycles. The summed E-state index contributed by atoms with van der Waals surface area (Å²) in [6, 6.07) is 9.58. The highest BCUT2D eigenvalue weighted by Gasteiger charge is 2.07. The first kappa shape index (κ1) is 12.5. The maximum absolute atomic E-state index is 10.0. The summed E-state index contributed by atoms with van der Waals surface area (Å²) in [4.78, 5) is 0. The maximum Gasteiger partial charge on any atom is 0.122 e. The monoisotopic (exact) mass is 242 g/mol. The molecule has 0 aliphatic carbocycles. The summed E-state index contributed by atoms with van der Waals surface area (Å²) in [6.45, 7) is 5.79. The van der Waals surface area contributed by atoms with Crippen molar-refractivity contribution in [3.8, 4) is 11.5 Å². The SMILES string of the molecule is Cc1cc(C)c(O)c(Cc2ccc(C)c(O)c2)c1. The fourth-order valence-corrected chi connectivity index (χ4v) is 2.17. The summed E-state index contributed by atoms with van der Waals surface area (Å²) < 4.78 is 0. The van der Waals surface area contributed by atoms with Crippen molar-refractivity contribution in [1.82, 2.24) is 0 Å². The number of hydrogen-bond donors (Lipinski definition) is 2. The number of hydrogen-bond acceptors (Lipinski definition) is 2. The van der Waals surface area contributed by atoms with Crippen molar-refractivity contribution < 1.29 is 10.2 Å². The Kier molecular flexibility index (Phi) is 3.28. The van der Waals surface area contributed by atoms with Crippen molar-refractivity contribution in [2.75, 3.05) is 0 Å². The van der Waals surface area contributed by atoms with E-state index in [1.807, 2.05) is 45.0 Å². The lowest BCUT2D eigenvalue weighted by Gasteiger charge is -2.10. The van der Waals surface area contributed by atoms with Crippen molar-refractivity contribution in [2.24, 2.45) is 0 Å². The van der Waals surface area contributed by atoms with E-state index in [9.17, 15) is 10.2 Å². The van der Waals surface area contributed by atoms with Crippen molar-refractivity contribution in [2.45, 2.75) is 27.2 Å². The molecular weight excluding hydrogens is 224 g/mol. The van der Waals surface area contributed by atoms with Crippen LogP contribution in [0.4, 0.5) is 0 Å². The Balaban J connectivity index is 2.36. The minimum absolute atomic E-state index is 0.302. The van der Waals surface area contributed by atoms with Gasteiger partial charge in [-0.1, -0.05) is 29.8 Å². The van der Waals surface area contributed by atoms with Crippen LogP contribution in [0.25, 0.3) is 0 Å². The van der Waals surface area contributed by atoms with E-state index in [2.05, 4.69) is 0 Å². The Hall–Kier alpha value is -1.96. The van der Waals surface area contributed by atoms with Crippen LogP contribution in [0.2, 0.25) is 0 Å². The highest BCUT2D eigenvalue weighted by Crippen LogP contribution is 2.27. The molecule has 0 saturated carbocycles. The third kappa shape index (κ3) is 2.48. The molecule has 0 unspecified atom stereocenters. The summed E-state index contributed by atoms with van der Waals surface area (Å²) in [6.07, 6.45) is 0.627. The zero-order valence-corrected chi connectivity index (χ0v) is 11.0. The molecule has 2 N–H and O–H groups in total. The van der Waals surface area contributed by atoms with Crippen molar-refractivity contribution in [3.05, 3.63) is 58.1 Å². The van der Waals surface area contributed by atoms with E-state index >= 15 is 0 Å². The first-order valence-corrected chi connectivity index (χ1v) is 6.05. The molecule has 2 nitrogen and oxygen atoms in total. The van der Waals surface area contributed by atoms with Crippen LogP contribution in [0.5, 0.6) is 11.5 Å². The largest absolute Gasteiger partial charge is 0.508 e. The molecule has 0 aromatic heterocycles. The molecular formula is C16H18O2. The van der Waals surface area contributed by atoms with Crippen LogP contribution >= 0.6 is 0 Å². The van der Waals surface area contributed by atoms with Gasteiger partial charge in [-0.3, -0.25) is 0 Å². The van der Waals surface area contributed by atoms with Gasteiger partial charge in [0, 0.05) is 6.42 Å². The molecule has 0 aliphatic rings. The Morgan fingerprint density at radius 3 is 2.28 bits per heavy atom. The Bertz CT molecular complexity index is 586. The van der Waals surface area contributed by atoms with E-state index in [0.29, 0.717) is 17.9 Å². The third-order valence-electron chi connectivity index (χ3n) is 3.19. The van der Waals surface area contributed by atoms with Crippen LogP contribution in [-0.2, 0) is 6.42 Å². The molecule has 0 bridgehead atoms. The number of aromatic hydroxyl groups is 2. The predicted molar refractivity (Wildman–Crippen MR) is 73.2 cm³/mol. The van der Waals surface area contributed by atoms with Crippen LogP contribution in [0.1, 0.15) is 27.8 Å². The van der Waals surface area contributed by atoms with Crippen LogP contribution in [0.15, 0.2) is 30.3 Å². The zero-order valence-electron chi connectivity index (χ0n) is 11.0. The molecule has 0 fully saturated rings. The molecule has 18 heavy (non-hydrogen) atoms. The van der Waals surface area contributed by atoms with E-state index in [0.717, 1.165) is 27.8 Å². The van der Waals surface area contributed by atoms with Gasteiger partial charge in [0.2, 0.25) is 0 Å². The first-order valence-electron chi connectivity index (χ1n) is 6.05. The molecule has 2 aromatic rings. The third-order valence-corrected chi connectivity index (χ3v) is 3.19. The van der Waals surface area contributed by atoms with Crippen LogP contribution in [0, 0.1) is 20.8 Å². The topological polar surface area (TPSA) is 40.5 Å². The van der Waals surface area contributed by atoms with Crippen molar-refractivity contribution >= 4 is 0 Å². The number of aryl methyl sites for hydroxylation is 3. The van der Waals surface area contributed by atoms with E-state index in [1.165, 1.54) is 0 Å². The van der Waals surface area contributed by atoms with Crippen molar-refractivity contribution in [1.29, 1.82) is 0 Å². The summed E-state index contributed by atoms with van der Waals surface area (Å²) >= 11 is 0. The molecule has 0 aliphatic heterocycles. The number of phenolic OH excluding ortho intramolecular Hbond substituents is 2. The van der Waals surface area contributed by atoms with E-state index < -0.39 is 0 Å². The lowest BCUT2D eigenvalue weighted by atomic mass is 9.98. The molecule has 2 rings (SSSR count). The lowest BCUT2D eigenvalue weighted by Crippen LogP contribution is -1.92. The smallest absolute Gasteiger partial charge is 0.122 e. The summed E-state index contributed by atoms with van der Waals surface area (Å²) in [5, 5.41) is 19.7. The Labute approximate surface area is 108 Å². The minimum atomic E-state index is 0.302. The van der Waals surface area contributed by atoms with E-state index in [4.69, 9.17) is 0 Å². The molecule has 0 radical (unpaired) electrons. The van der Waals surface area contributed by atoms with Gasteiger partial charge in [-0.05, 0) is 49.1 Å². The second-order valence-corrected chi connectivity index (χ2v) is 4.89. The van der Waals surface area contributed by atoms with Gasteiger partial charge in [0.15, 0.2) is 0 Å². The predicted octanol–water partition coefficient (Wildman–Crippen LogP) is 3.61. The molecule has 0 amide bonds. The highest BCUT2D eigenvalue weighted by molar-refractivity contribution is 5.46. The van der Waals surface area contributed by atoms with Gasteiger partial charge in [-0.15, -0.1) is 0 Å². The van der Waals surface area contributed by atoms with Crippen LogP contribution in [0.3, 0.4) is 0 Å². The number of benzene rings is 2. The van der Waals surface area contributed by atoms with E-state index in [1.54, 1.807) is 6.07 Å². The quantitative estimate of drug-likeness (QED) is 0.844. The first-order chi connectivity index (χ1) is 8.47. The second kappa shape index (κ2) is 4.73.